The molecule has 88 valence electrons. The number of aromatic nitrogens is 3. The quantitative estimate of drug-likeness (QED) is 0.800. The van der Waals surface area contributed by atoms with Gasteiger partial charge in [0.15, 0.2) is 5.82 Å². The Morgan fingerprint density at radius 3 is 3.06 bits per heavy atom. The van der Waals surface area contributed by atoms with E-state index in [4.69, 9.17) is 5.73 Å². The van der Waals surface area contributed by atoms with Crippen LogP contribution in [0.4, 0.5) is 5.69 Å². The molecule has 0 saturated heterocycles. The minimum atomic E-state index is 0.789. The molecule has 0 aliphatic carbocycles. The number of hydrogen-bond acceptors (Lipinski definition) is 3. The second-order valence-corrected chi connectivity index (χ2v) is 4.51. The fourth-order valence-electron chi connectivity index (χ4n) is 2.43. The summed E-state index contributed by atoms with van der Waals surface area (Å²) in [6.07, 6.45) is 3.13. The van der Waals surface area contributed by atoms with Crippen LogP contribution in [0.2, 0.25) is 0 Å². The van der Waals surface area contributed by atoms with Gasteiger partial charge < -0.3 is 10.3 Å². The van der Waals surface area contributed by atoms with E-state index < -0.39 is 0 Å². The number of nitrogen functional groups attached to an aromatic ring is 1. The van der Waals surface area contributed by atoms with E-state index in [1.54, 1.807) is 0 Å². The summed E-state index contributed by atoms with van der Waals surface area (Å²) in [5.74, 6) is 2.07. The van der Waals surface area contributed by atoms with Crippen molar-refractivity contribution in [3.05, 3.63) is 29.6 Å². The first-order valence-corrected chi connectivity index (χ1v) is 6.10. The summed E-state index contributed by atoms with van der Waals surface area (Å²) in [4.78, 5) is 0. The van der Waals surface area contributed by atoms with Crippen molar-refractivity contribution in [2.45, 2.75) is 32.7 Å². The lowest BCUT2D eigenvalue weighted by Crippen LogP contribution is -2.13. The molecule has 1 aromatic heterocycles. The predicted molar refractivity (Wildman–Crippen MR) is 67.6 cm³/mol. The molecular formula is C13H16N4. The standard InChI is InChI=1S/C13H16N4/c1-2-3-12-15-16-13-11-8-10(14)5-4-9(11)6-7-17(12)13/h4-5,8H,2-3,6-7,14H2,1H3. The third-order valence-corrected chi connectivity index (χ3v) is 3.28. The van der Waals surface area contributed by atoms with Crippen molar-refractivity contribution in [2.75, 3.05) is 5.73 Å². The van der Waals surface area contributed by atoms with Crippen LogP contribution in [0.25, 0.3) is 11.4 Å². The zero-order chi connectivity index (χ0) is 11.8. The molecule has 17 heavy (non-hydrogen) atoms. The van der Waals surface area contributed by atoms with Gasteiger partial charge in [0.1, 0.15) is 5.82 Å². The molecule has 0 bridgehead atoms. The smallest absolute Gasteiger partial charge is 0.164 e. The lowest BCUT2D eigenvalue weighted by Gasteiger charge is -2.18. The average Bonchev–Trinajstić information content (AvgIpc) is 2.73. The molecule has 3 rings (SSSR count). The minimum Gasteiger partial charge on any atom is -0.399 e. The summed E-state index contributed by atoms with van der Waals surface area (Å²) in [7, 11) is 0. The topological polar surface area (TPSA) is 56.7 Å². The lowest BCUT2D eigenvalue weighted by atomic mass is 10.00. The molecule has 0 fully saturated rings. The Morgan fingerprint density at radius 1 is 1.35 bits per heavy atom. The Balaban J connectivity index is 2.13. The second kappa shape index (κ2) is 3.87. The highest BCUT2D eigenvalue weighted by Gasteiger charge is 2.20. The molecule has 2 N–H and O–H groups in total. The fourth-order valence-corrected chi connectivity index (χ4v) is 2.43. The molecule has 2 heterocycles. The van der Waals surface area contributed by atoms with Gasteiger partial charge >= 0.3 is 0 Å². The third-order valence-electron chi connectivity index (χ3n) is 3.28. The summed E-state index contributed by atoms with van der Waals surface area (Å²) in [5.41, 5.74) is 9.10. The van der Waals surface area contributed by atoms with E-state index in [0.717, 1.165) is 48.7 Å². The van der Waals surface area contributed by atoms with Gasteiger partial charge in [-0.05, 0) is 30.5 Å². The molecule has 1 aromatic carbocycles. The highest BCUT2D eigenvalue weighted by molar-refractivity contribution is 5.67. The number of nitrogens with zero attached hydrogens (tertiary/aromatic N) is 3. The maximum atomic E-state index is 5.85. The van der Waals surface area contributed by atoms with Crippen molar-refractivity contribution in [3.63, 3.8) is 0 Å². The molecule has 4 heteroatoms. The molecule has 4 nitrogen and oxygen atoms in total. The van der Waals surface area contributed by atoms with Crippen LogP contribution in [0.3, 0.4) is 0 Å². The van der Waals surface area contributed by atoms with Crippen LogP contribution in [-0.4, -0.2) is 14.8 Å². The van der Waals surface area contributed by atoms with E-state index in [-0.39, 0.29) is 0 Å². The van der Waals surface area contributed by atoms with Gasteiger partial charge in [0.2, 0.25) is 0 Å². The van der Waals surface area contributed by atoms with Gasteiger partial charge in [0.25, 0.3) is 0 Å². The number of anilines is 1. The molecule has 0 atom stereocenters. The summed E-state index contributed by atoms with van der Waals surface area (Å²) < 4.78 is 2.23. The van der Waals surface area contributed by atoms with Crippen LogP contribution < -0.4 is 5.73 Å². The van der Waals surface area contributed by atoms with E-state index in [9.17, 15) is 0 Å². The number of hydrogen-bond donors (Lipinski definition) is 1. The highest BCUT2D eigenvalue weighted by atomic mass is 15.3. The zero-order valence-corrected chi connectivity index (χ0v) is 9.98. The molecule has 1 aliphatic rings. The Hall–Kier alpha value is -1.84. The molecular weight excluding hydrogens is 212 g/mol. The van der Waals surface area contributed by atoms with Crippen molar-refractivity contribution in [1.29, 1.82) is 0 Å². The Labute approximate surface area is 100 Å². The molecule has 0 radical (unpaired) electrons. The SMILES string of the molecule is CCCc1nnc2n1CCc1ccc(N)cc1-2. The maximum absolute atomic E-state index is 5.85. The lowest BCUT2D eigenvalue weighted by molar-refractivity contribution is 0.635. The van der Waals surface area contributed by atoms with Crippen LogP contribution in [0.1, 0.15) is 24.7 Å². The van der Waals surface area contributed by atoms with Gasteiger partial charge in [-0.15, -0.1) is 10.2 Å². The minimum absolute atomic E-state index is 0.789. The van der Waals surface area contributed by atoms with Crippen molar-refractivity contribution < 1.29 is 0 Å². The van der Waals surface area contributed by atoms with Gasteiger partial charge in [-0.25, -0.2) is 0 Å². The maximum Gasteiger partial charge on any atom is 0.164 e. The molecule has 0 saturated carbocycles. The van der Waals surface area contributed by atoms with Crippen LogP contribution >= 0.6 is 0 Å². The molecule has 2 aromatic rings. The molecule has 0 unspecified atom stereocenters. The summed E-state index contributed by atoms with van der Waals surface area (Å²) in [6.45, 7) is 3.14. The van der Waals surface area contributed by atoms with Crippen LogP contribution in [0.5, 0.6) is 0 Å². The first-order chi connectivity index (χ1) is 8.29. The van der Waals surface area contributed by atoms with Crippen LogP contribution in [0, 0.1) is 0 Å². The molecule has 1 aliphatic heterocycles. The number of nitrogens with two attached hydrogens (primary N) is 1. The van der Waals surface area contributed by atoms with Gasteiger partial charge in [-0.3, -0.25) is 0 Å². The highest BCUT2D eigenvalue weighted by Crippen LogP contribution is 2.30. The third kappa shape index (κ3) is 1.60. The zero-order valence-electron chi connectivity index (χ0n) is 9.98. The Kier molecular flexibility index (Phi) is 2.35. The van der Waals surface area contributed by atoms with Gasteiger partial charge in [0.05, 0.1) is 0 Å². The number of fused-ring (bicyclic) bond motifs is 3. The van der Waals surface area contributed by atoms with Crippen molar-refractivity contribution in [2.24, 2.45) is 0 Å². The monoisotopic (exact) mass is 228 g/mol. The van der Waals surface area contributed by atoms with E-state index >= 15 is 0 Å². The largest absolute Gasteiger partial charge is 0.399 e. The van der Waals surface area contributed by atoms with Gasteiger partial charge in [0, 0.05) is 24.2 Å². The predicted octanol–water partition coefficient (Wildman–Crippen LogP) is 2.04. The number of rotatable bonds is 2. The first kappa shape index (κ1) is 10.3. The van der Waals surface area contributed by atoms with Crippen molar-refractivity contribution in [3.8, 4) is 11.4 Å². The van der Waals surface area contributed by atoms with E-state index in [1.807, 2.05) is 12.1 Å². The second-order valence-electron chi connectivity index (χ2n) is 4.51. The first-order valence-electron chi connectivity index (χ1n) is 6.10. The van der Waals surface area contributed by atoms with Crippen molar-refractivity contribution in [1.82, 2.24) is 14.8 Å². The molecule has 0 amide bonds. The Bertz CT molecular complexity index is 557. The number of benzene rings is 1. The summed E-state index contributed by atoms with van der Waals surface area (Å²) >= 11 is 0. The number of aryl methyl sites for hydroxylation is 2. The van der Waals surface area contributed by atoms with Crippen LogP contribution in [0.15, 0.2) is 18.2 Å². The van der Waals surface area contributed by atoms with E-state index in [2.05, 4.69) is 27.8 Å². The normalized spacial score (nSPS) is 13.2. The average molecular weight is 228 g/mol. The summed E-state index contributed by atoms with van der Waals surface area (Å²) in [5, 5.41) is 8.60. The summed E-state index contributed by atoms with van der Waals surface area (Å²) in [6, 6.07) is 6.06. The van der Waals surface area contributed by atoms with E-state index in [0.29, 0.717) is 0 Å². The molecule has 0 spiro atoms. The van der Waals surface area contributed by atoms with Crippen LogP contribution in [-0.2, 0) is 19.4 Å². The fraction of sp³-hybridized carbons (Fsp3) is 0.385. The van der Waals surface area contributed by atoms with E-state index in [1.165, 1.54) is 5.56 Å². The van der Waals surface area contributed by atoms with Gasteiger partial charge in [-0.2, -0.15) is 0 Å². The Morgan fingerprint density at radius 2 is 2.24 bits per heavy atom. The van der Waals surface area contributed by atoms with Gasteiger partial charge in [-0.1, -0.05) is 13.0 Å². The van der Waals surface area contributed by atoms with Crippen molar-refractivity contribution >= 4 is 5.69 Å².